The molecule has 0 radical (unpaired) electrons. The Hall–Kier alpha value is -0.850. The van der Waals surface area contributed by atoms with E-state index in [0.717, 1.165) is 18.4 Å². The van der Waals surface area contributed by atoms with E-state index in [1.54, 1.807) is 0 Å². The number of allylic oxidation sites excluding steroid dienone is 3. The van der Waals surface area contributed by atoms with E-state index in [-0.39, 0.29) is 0 Å². The molecule has 1 heteroatoms. The molecule has 0 saturated carbocycles. The Kier molecular flexibility index (Phi) is 2.64. The number of hydrogen-bond donors (Lipinski definition) is 0. The minimum atomic E-state index is 1.09. The van der Waals surface area contributed by atoms with Crippen molar-refractivity contribution in [3.63, 3.8) is 0 Å². The largest absolute Gasteiger partial charge is 0.269 e. The highest BCUT2D eigenvalue weighted by molar-refractivity contribution is 5.38. The first-order valence-electron chi connectivity index (χ1n) is 4.10. The molecule has 11 heavy (non-hydrogen) atoms. The van der Waals surface area contributed by atoms with E-state index in [2.05, 4.69) is 18.3 Å². The van der Waals surface area contributed by atoms with Crippen LogP contribution in [-0.4, -0.2) is 6.72 Å². The zero-order valence-corrected chi connectivity index (χ0v) is 7.19. The van der Waals surface area contributed by atoms with Gasteiger partial charge in [0.2, 0.25) is 0 Å². The summed E-state index contributed by atoms with van der Waals surface area (Å²) in [7, 11) is 0. The highest BCUT2D eigenvalue weighted by atomic mass is 14.7. The van der Waals surface area contributed by atoms with Crippen LogP contribution in [-0.2, 0) is 0 Å². The van der Waals surface area contributed by atoms with E-state index in [1.807, 2.05) is 6.92 Å². The van der Waals surface area contributed by atoms with Crippen molar-refractivity contribution in [2.24, 2.45) is 4.99 Å². The lowest BCUT2D eigenvalue weighted by molar-refractivity contribution is 0.673. The summed E-state index contributed by atoms with van der Waals surface area (Å²) in [5, 5.41) is 0. The maximum absolute atomic E-state index is 4.02. The van der Waals surface area contributed by atoms with Crippen LogP contribution in [0.2, 0.25) is 0 Å². The number of rotatable bonds is 2. The van der Waals surface area contributed by atoms with Gasteiger partial charge in [-0.3, -0.25) is 4.99 Å². The van der Waals surface area contributed by atoms with Crippen molar-refractivity contribution >= 4 is 6.72 Å². The van der Waals surface area contributed by atoms with Crippen molar-refractivity contribution < 1.29 is 0 Å². The summed E-state index contributed by atoms with van der Waals surface area (Å²) in [6, 6.07) is 0. The van der Waals surface area contributed by atoms with Gasteiger partial charge in [0.1, 0.15) is 0 Å². The van der Waals surface area contributed by atoms with Crippen molar-refractivity contribution in [1.29, 1.82) is 0 Å². The van der Waals surface area contributed by atoms with Gasteiger partial charge < -0.3 is 0 Å². The van der Waals surface area contributed by atoms with E-state index in [0.29, 0.717) is 0 Å². The first-order chi connectivity index (χ1) is 5.25. The zero-order chi connectivity index (χ0) is 8.27. The maximum atomic E-state index is 4.02. The summed E-state index contributed by atoms with van der Waals surface area (Å²) < 4.78 is 0. The first-order valence-corrected chi connectivity index (χ1v) is 4.10. The second-order valence-corrected chi connectivity index (χ2v) is 3.07. The Morgan fingerprint density at radius 1 is 1.36 bits per heavy atom. The standard InChI is InChI=1S/C10H15N/c1-8(2)9-6-4-5-7-10(9)11-3/h1,3-7H2,2H3. The minimum absolute atomic E-state index is 1.09. The molecule has 0 amide bonds. The smallest absolute Gasteiger partial charge is 0.0430 e. The van der Waals surface area contributed by atoms with Crippen molar-refractivity contribution in [3.8, 4) is 0 Å². The van der Waals surface area contributed by atoms with Crippen LogP contribution >= 0.6 is 0 Å². The van der Waals surface area contributed by atoms with E-state index in [4.69, 9.17) is 0 Å². The average molecular weight is 149 g/mol. The maximum Gasteiger partial charge on any atom is 0.0430 e. The van der Waals surface area contributed by atoms with Crippen LogP contribution in [0.1, 0.15) is 32.6 Å². The number of aliphatic imine (C=N–C) groups is 1. The van der Waals surface area contributed by atoms with Crippen LogP contribution in [0.25, 0.3) is 0 Å². The van der Waals surface area contributed by atoms with Gasteiger partial charge in [-0.25, -0.2) is 0 Å². The van der Waals surface area contributed by atoms with Crippen molar-refractivity contribution in [3.05, 3.63) is 23.4 Å². The Labute approximate surface area is 68.5 Å². The second kappa shape index (κ2) is 3.51. The molecule has 0 aliphatic heterocycles. The Morgan fingerprint density at radius 3 is 2.45 bits per heavy atom. The lowest BCUT2D eigenvalue weighted by Gasteiger charge is -2.16. The molecular weight excluding hydrogens is 134 g/mol. The van der Waals surface area contributed by atoms with Crippen LogP contribution in [0.15, 0.2) is 28.4 Å². The van der Waals surface area contributed by atoms with Crippen LogP contribution in [0.3, 0.4) is 0 Å². The highest BCUT2D eigenvalue weighted by Crippen LogP contribution is 2.29. The molecular formula is C10H15N. The van der Waals surface area contributed by atoms with Gasteiger partial charge in [0.25, 0.3) is 0 Å². The van der Waals surface area contributed by atoms with Gasteiger partial charge in [-0.15, -0.1) is 0 Å². The van der Waals surface area contributed by atoms with Gasteiger partial charge in [-0.1, -0.05) is 12.2 Å². The molecule has 0 spiro atoms. The molecule has 0 bridgehead atoms. The first kappa shape index (κ1) is 8.25. The summed E-state index contributed by atoms with van der Waals surface area (Å²) in [6.07, 6.45) is 4.77. The summed E-state index contributed by atoms with van der Waals surface area (Å²) in [4.78, 5) is 4.02. The quantitative estimate of drug-likeness (QED) is 0.535. The van der Waals surface area contributed by atoms with E-state index >= 15 is 0 Å². The molecule has 0 heterocycles. The fraction of sp³-hybridized carbons (Fsp3) is 0.500. The molecule has 1 aliphatic carbocycles. The summed E-state index contributed by atoms with van der Waals surface area (Å²) in [5.41, 5.74) is 3.67. The zero-order valence-electron chi connectivity index (χ0n) is 7.19. The molecule has 0 aromatic rings. The monoisotopic (exact) mass is 149 g/mol. The lowest BCUT2D eigenvalue weighted by Crippen LogP contribution is -1.98. The molecule has 1 nitrogen and oxygen atoms in total. The predicted molar refractivity (Wildman–Crippen MR) is 49.9 cm³/mol. The fourth-order valence-corrected chi connectivity index (χ4v) is 1.52. The minimum Gasteiger partial charge on any atom is -0.269 e. The fourth-order valence-electron chi connectivity index (χ4n) is 1.52. The van der Waals surface area contributed by atoms with Gasteiger partial charge in [0.15, 0.2) is 0 Å². The van der Waals surface area contributed by atoms with Crippen LogP contribution in [0.4, 0.5) is 0 Å². The third-order valence-electron chi connectivity index (χ3n) is 2.14. The molecule has 0 fully saturated rings. The summed E-state index contributed by atoms with van der Waals surface area (Å²) >= 11 is 0. The molecule has 0 aromatic carbocycles. The Morgan fingerprint density at radius 2 is 2.00 bits per heavy atom. The topological polar surface area (TPSA) is 12.4 Å². The summed E-state index contributed by atoms with van der Waals surface area (Å²) in [6.45, 7) is 9.55. The van der Waals surface area contributed by atoms with Gasteiger partial charge in [0, 0.05) is 5.70 Å². The van der Waals surface area contributed by atoms with Crippen LogP contribution < -0.4 is 0 Å². The Bertz CT molecular complexity index is 211. The number of hydrogen-bond acceptors (Lipinski definition) is 1. The highest BCUT2D eigenvalue weighted by Gasteiger charge is 2.11. The van der Waals surface area contributed by atoms with Gasteiger partial charge in [0.05, 0.1) is 0 Å². The molecule has 60 valence electrons. The van der Waals surface area contributed by atoms with Gasteiger partial charge >= 0.3 is 0 Å². The van der Waals surface area contributed by atoms with Crippen molar-refractivity contribution in [1.82, 2.24) is 0 Å². The molecule has 0 aromatic heterocycles. The molecule has 0 atom stereocenters. The average Bonchev–Trinajstić information content (AvgIpc) is 2.04. The van der Waals surface area contributed by atoms with Gasteiger partial charge in [-0.2, -0.15) is 0 Å². The van der Waals surface area contributed by atoms with E-state index in [1.165, 1.54) is 24.1 Å². The van der Waals surface area contributed by atoms with Crippen LogP contribution in [0, 0.1) is 0 Å². The third kappa shape index (κ3) is 1.79. The summed E-state index contributed by atoms with van der Waals surface area (Å²) in [5.74, 6) is 0. The third-order valence-corrected chi connectivity index (χ3v) is 2.14. The van der Waals surface area contributed by atoms with Crippen molar-refractivity contribution in [2.45, 2.75) is 32.6 Å². The predicted octanol–water partition coefficient (Wildman–Crippen LogP) is 3.09. The Balaban J connectivity index is 2.90. The molecule has 1 aliphatic rings. The van der Waals surface area contributed by atoms with Gasteiger partial charge in [-0.05, 0) is 44.9 Å². The van der Waals surface area contributed by atoms with Crippen LogP contribution in [0.5, 0.6) is 0 Å². The molecule has 0 N–H and O–H groups in total. The van der Waals surface area contributed by atoms with E-state index < -0.39 is 0 Å². The normalized spacial score (nSPS) is 18.3. The van der Waals surface area contributed by atoms with Crippen molar-refractivity contribution in [2.75, 3.05) is 0 Å². The second-order valence-electron chi connectivity index (χ2n) is 3.07. The number of nitrogens with zero attached hydrogens (tertiary/aromatic N) is 1. The van der Waals surface area contributed by atoms with E-state index in [9.17, 15) is 0 Å². The molecule has 1 rings (SSSR count). The molecule has 0 saturated heterocycles. The molecule has 0 unspecified atom stereocenters. The lowest BCUT2D eigenvalue weighted by atomic mass is 9.92. The SMILES string of the molecule is C=NC1=C(C(=C)C)CCCC1.